The van der Waals surface area contributed by atoms with Crippen molar-refractivity contribution in [3.05, 3.63) is 42.7 Å². The largest absolute Gasteiger partial charge is 0.334 e. The van der Waals surface area contributed by atoms with E-state index >= 15 is 0 Å². The fourth-order valence-corrected chi connectivity index (χ4v) is 3.58. The summed E-state index contributed by atoms with van der Waals surface area (Å²) in [6, 6.07) is 6.03. The van der Waals surface area contributed by atoms with Gasteiger partial charge in [0.25, 0.3) is 0 Å². The third kappa shape index (κ3) is 3.24. The number of Topliss-reactive ketones (excluding diaryl/α,β-unsaturated/α-hetero) is 1. The van der Waals surface area contributed by atoms with Crippen molar-refractivity contribution in [1.29, 1.82) is 0 Å². The number of carbonyl (C=O) groups is 1. The van der Waals surface area contributed by atoms with Crippen molar-refractivity contribution in [3.8, 4) is 11.3 Å². The van der Waals surface area contributed by atoms with E-state index in [1.807, 2.05) is 42.9 Å². The Labute approximate surface area is 152 Å². The van der Waals surface area contributed by atoms with E-state index in [9.17, 15) is 4.79 Å². The molecule has 4 rings (SSSR count). The maximum absolute atomic E-state index is 12.6. The van der Waals surface area contributed by atoms with Crippen molar-refractivity contribution in [1.82, 2.24) is 24.4 Å². The Balaban J connectivity index is 1.58. The predicted octanol–water partition coefficient (Wildman–Crippen LogP) is 2.63. The van der Waals surface area contributed by atoms with Gasteiger partial charge in [0.1, 0.15) is 5.82 Å². The molecule has 26 heavy (non-hydrogen) atoms. The fraction of sp³-hybridized carbons (Fsp3) is 0.400. The van der Waals surface area contributed by atoms with E-state index < -0.39 is 0 Å². The molecule has 0 spiro atoms. The van der Waals surface area contributed by atoms with Crippen LogP contribution >= 0.6 is 0 Å². The molecule has 0 N–H and O–H groups in total. The van der Waals surface area contributed by atoms with Gasteiger partial charge in [-0.15, -0.1) is 0 Å². The number of aromatic nitrogens is 4. The monoisotopic (exact) mass is 349 g/mol. The first kappa shape index (κ1) is 16.8. The number of aryl methyl sites for hydroxylation is 1. The standard InChI is InChI=1S/C20H23N5O/c1-14(25-7-3-4-8-25)19(26)10-20-22-11-16-6-5-15(9-17(16)23-20)18-12-21-13-24(18)2/h5-6,9,11-14H,3-4,7-8,10H2,1-2H3. The number of hydrogen-bond acceptors (Lipinski definition) is 5. The molecule has 1 unspecified atom stereocenters. The average molecular weight is 349 g/mol. The van der Waals surface area contributed by atoms with Crippen LogP contribution in [0.15, 0.2) is 36.9 Å². The van der Waals surface area contributed by atoms with Gasteiger partial charge in [0.05, 0.1) is 36.2 Å². The van der Waals surface area contributed by atoms with Crippen LogP contribution in [0.4, 0.5) is 0 Å². The molecule has 134 valence electrons. The summed E-state index contributed by atoms with van der Waals surface area (Å²) in [5.74, 6) is 0.782. The van der Waals surface area contributed by atoms with E-state index in [1.165, 1.54) is 12.8 Å². The van der Waals surface area contributed by atoms with Crippen LogP contribution in [0.1, 0.15) is 25.6 Å². The van der Waals surface area contributed by atoms with Crippen molar-refractivity contribution in [2.75, 3.05) is 13.1 Å². The van der Waals surface area contributed by atoms with Gasteiger partial charge >= 0.3 is 0 Å². The number of benzene rings is 1. The second-order valence-electron chi connectivity index (χ2n) is 7.01. The lowest BCUT2D eigenvalue weighted by atomic mass is 10.1. The van der Waals surface area contributed by atoms with Gasteiger partial charge in [-0.3, -0.25) is 9.69 Å². The first-order valence-corrected chi connectivity index (χ1v) is 9.11. The molecular formula is C20H23N5O. The van der Waals surface area contributed by atoms with E-state index in [2.05, 4.69) is 19.9 Å². The number of ketones is 1. The van der Waals surface area contributed by atoms with Crippen LogP contribution in [0.25, 0.3) is 22.2 Å². The molecule has 1 fully saturated rings. The molecular weight excluding hydrogens is 326 g/mol. The first-order chi connectivity index (χ1) is 12.6. The molecule has 6 heteroatoms. The van der Waals surface area contributed by atoms with E-state index in [-0.39, 0.29) is 18.2 Å². The number of hydrogen-bond donors (Lipinski definition) is 0. The van der Waals surface area contributed by atoms with Crippen LogP contribution in [0, 0.1) is 0 Å². The zero-order chi connectivity index (χ0) is 18.1. The second kappa shape index (κ2) is 6.96. The number of rotatable bonds is 5. The number of nitrogens with zero attached hydrogens (tertiary/aromatic N) is 5. The van der Waals surface area contributed by atoms with Crippen molar-refractivity contribution in [2.45, 2.75) is 32.2 Å². The maximum Gasteiger partial charge on any atom is 0.157 e. The lowest BCUT2D eigenvalue weighted by Crippen LogP contribution is -2.37. The molecule has 0 aliphatic carbocycles. The number of carbonyl (C=O) groups excluding carboxylic acids is 1. The summed E-state index contributed by atoms with van der Waals surface area (Å²) in [7, 11) is 1.97. The molecule has 0 bridgehead atoms. The fourth-order valence-electron chi connectivity index (χ4n) is 3.58. The SMILES string of the molecule is CC(C(=O)Cc1ncc2ccc(-c3cncn3C)cc2n1)N1CCCC1. The van der Waals surface area contributed by atoms with Gasteiger partial charge in [-0.2, -0.15) is 0 Å². The zero-order valence-corrected chi connectivity index (χ0v) is 15.2. The van der Waals surface area contributed by atoms with Gasteiger partial charge in [0.2, 0.25) is 0 Å². The smallest absolute Gasteiger partial charge is 0.157 e. The molecule has 1 saturated heterocycles. The number of fused-ring (bicyclic) bond motifs is 1. The third-order valence-corrected chi connectivity index (χ3v) is 5.23. The van der Waals surface area contributed by atoms with Crippen LogP contribution in [0.3, 0.4) is 0 Å². The number of likely N-dealkylation sites (tertiary alicyclic amines) is 1. The van der Waals surface area contributed by atoms with Crippen LogP contribution in [-0.4, -0.2) is 49.3 Å². The molecule has 1 aromatic carbocycles. The summed E-state index contributed by atoms with van der Waals surface area (Å²) in [4.78, 5) is 28.1. The molecule has 2 aromatic heterocycles. The Morgan fingerprint density at radius 2 is 2.04 bits per heavy atom. The molecule has 3 heterocycles. The minimum atomic E-state index is -0.0578. The highest BCUT2D eigenvalue weighted by Gasteiger charge is 2.24. The van der Waals surface area contributed by atoms with Gasteiger partial charge in [0, 0.05) is 24.2 Å². The van der Waals surface area contributed by atoms with Gasteiger partial charge in [-0.1, -0.05) is 12.1 Å². The molecule has 0 amide bonds. The van der Waals surface area contributed by atoms with Gasteiger partial charge < -0.3 is 4.57 Å². The van der Waals surface area contributed by atoms with Crippen LogP contribution in [-0.2, 0) is 18.3 Å². The Bertz CT molecular complexity index is 942. The van der Waals surface area contributed by atoms with Gasteiger partial charge in [0.15, 0.2) is 5.78 Å². The molecule has 1 aliphatic rings. The highest BCUT2D eigenvalue weighted by atomic mass is 16.1. The molecule has 1 atom stereocenters. The molecule has 0 saturated carbocycles. The Hall–Kier alpha value is -2.60. The van der Waals surface area contributed by atoms with Crippen molar-refractivity contribution in [2.24, 2.45) is 7.05 Å². The quantitative estimate of drug-likeness (QED) is 0.708. The van der Waals surface area contributed by atoms with E-state index in [1.54, 1.807) is 12.5 Å². The molecule has 0 radical (unpaired) electrons. The minimum absolute atomic E-state index is 0.0578. The third-order valence-electron chi connectivity index (χ3n) is 5.23. The first-order valence-electron chi connectivity index (χ1n) is 9.11. The summed E-state index contributed by atoms with van der Waals surface area (Å²) in [5, 5.41) is 0.972. The maximum atomic E-state index is 12.6. The van der Waals surface area contributed by atoms with Crippen molar-refractivity contribution >= 4 is 16.7 Å². The van der Waals surface area contributed by atoms with Gasteiger partial charge in [-0.05, 0) is 38.9 Å². The van der Waals surface area contributed by atoms with E-state index in [4.69, 9.17) is 0 Å². The van der Waals surface area contributed by atoms with Crippen LogP contribution in [0.2, 0.25) is 0 Å². The highest BCUT2D eigenvalue weighted by molar-refractivity contribution is 5.86. The average Bonchev–Trinajstić information content (AvgIpc) is 3.32. The van der Waals surface area contributed by atoms with Crippen LogP contribution in [0.5, 0.6) is 0 Å². The summed E-state index contributed by atoms with van der Waals surface area (Å²) >= 11 is 0. The second-order valence-corrected chi connectivity index (χ2v) is 7.01. The lowest BCUT2D eigenvalue weighted by Gasteiger charge is -2.22. The summed E-state index contributed by atoms with van der Waals surface area (Å²) < 4.78 is 1.98. The Morgan fingerprint density at radius 1 is 1.23 bits per heavy atom. The Kier molecular flexibility index (Phi) is 4.51. The zero-order valence-electron chi connectivity index (χ0n) is 15.2. The normalized spacial score (nSPS) is 16.2. The topological polar surface area (TPSA) is 63.9 Å². The minimum Gasteiger partial charge on any atom is -0.334 e. The van der Waals surface area contributed by atoms with E-state index in [0.717, 1.165) is 35.2 Å². The van der Waals surface area contributed by atoms with Crippen molar-refractivity contribution < 1.29 is 4.79 Å². The molecule has 6 nitrogen and oxygen atoms in total. The summed E-state index contributed by atoms with van der Waals surface area (Å²) in [5.41, 5.74) is 2.94. The lowest BCUT2D eigenvalue weighted by molar-refractivity contribution is -0.122. The van der Waals surface area contributed by atoms with Crippen molar-refractivity contribution in [3.63, 3.8) is 0 Å². The van der Waals surface area contributed by atoms with Gasteiger partial charge in [-0.25, -0.2) is 15.0 Å². The molecule has 3 aromatic rings. The van der Waals surface area contributed by atoms with Crippen LogP contribution < -0.4 is 0 Å². The number of imidazole rings is 1. The Morgan fingerprint density at radius 3 is 2.77 bits per heavy atom. The summed E-state index contributed by atoms with van der Waals surface area (Å²) in [6.45, 7) is 4.02. The summed E-state index contributed by atoms with van der Waals surface area (Å²) in [6.07, 6.45) is 8.07. The highest BCUT2D eigenvalue weighted by Crippen LogP contribution is 2.23. The molecule has 1 aliphatic heterocycles. The predicted molar refractivity (Wildman–Crippen MR) is 101 cm³/mol. The van der Waals surface area contributed by atoms with E-state index in [0.29, 0.717) is 5.82 Å².